The Morgan fingerprint density at radius 1 is 0.950 bits per heavy atom. The first kappa shape index (κ1) is 12.3. The Hall–Kier alpha value is -2.75. The fourth-order valence-corrected chi connectivity index (χ4v) is 1.95. The van der Waals surface area contributed by atoms with Crippen molar-refractivity contribution in [2.75, 3.05) is 7.11 Å². The van der Waals surface area contributed by atoms with E-state index in [2.05, 4.69) is 4.98 Å². The van der Waals surface area contributed by atoms with Crippen LogP contribution in [-0.4, -0.2) is 17.2 Å². The van der Waals surface area contributed by atoms with Crippen molar-refractivity contribution in [1.29, 1.82) is 0 Å². The van der Waals surface area contributed by atoms with Gasteiger partial charge in [0.1, 0.15) is 5.75 Å². The summed E-state index contributed by atoms with van der Waals surface area (Å²) in [5, 5.41) is 9.91. The fraction of sp³-hybridized carbons (Fsp3) is 0.0625. The molecule has 4 nitrogen and oxygen atoms in total. The number of hydrogen-bond donors (Lipinski definition) is 1. The molecule has 100 valence electrons. The van der Waals surface area contributed by atoms with Gasteiger partial charge in [0, 0.05) is 11.1 Å². The highest BCUT2D eigenvalue weighted by molar-refractivity contribution is 5.67. The van der Waals surface area contributed by atoms with Crippen LogP contribution in [0.25, 0.3) is 22.7 Å². The number of oxazole rings is 1. The third kappa shape index (κ3) is 2.23. The zero-order valence-corrected chi connectivity index (χ0v) is 10.9. The predicted molar refractivity (Wildman–Crippen MR) is 75.6 cm³/mol. The van der Waals surface area contributed by atoms with E-state index in [0.717, 1.165) is 16.9 Å². The molecule has 0 saturated heterocycles. The van der Waals surface area contributed by atoms with Gasteiger partial charge in [-0.1, -0.05) is 18.2 Å². The predicted octanol–water partition coefficient (Wildman–Crippen LogP) is 3.72. The quantitative estimate of drug-likeness (QED) is 0.785. The number of aromatic nitrogens is 1. The van der Waals surface area contributed by atoms with Crippen LogP contribution in [0.2, 0.25) is 0 Å². The second-order valence-electron chi connectivity index (χ2n) is 4.27. The maximum atomic E-state index is 9.91. The minimum absolute atomic E-state index is 0.186. The molecule has 0 spiro atoms. The summed E-state index contributed by atoms with van der Waals surface area (Å²) in [5.41, 5.74) is 2.02. The molecule has 1 aromatic heterocycles. The molecule has 0 radical (unpaired) electrons. The standard InChI is InChI=1S/C16H13NO3/c1-19-13-9-7-11(8-10-13)14-16(18)20-15(17-14)12-5-3-2-4-6-12/h2-10,18H,1H3. The lowest BCUT2D eigenvalue weighted by Crippen LogP contribution is -1.83. The molecule has 0 aliphatic carbocycles. The summed E-state index contributed by atoms with van der Waals surface area (Å²) in [6.07, 6.45) is 0. The second kappa shape index (κ2) is 5.09. The van der Waals surface area contributed by atoms with Crippen LogP contribution in [0, 0.1) is 0 Å². The van der Waals surface area contributed by atoms with Crippen LogP contribution in [0.5, 0.6) is 11.7 Å². The van der Waals surface area contributed by atoms with E-state index in [1.807, 2.05) is 54.6 Å². The SMILES string of the molecule is COc1ccc(-c2nc(-c3ccccc3)oc2O)cc1. The van der Waals surface area contributed by atoms with E-state index in [-0.39, 0.29) is 5.95 Å². The first-order chi connectivity index (χ1) is 9.78. The lowest BCUT2D eigenvalue weighted by Gasteiger charge is -2.00. The van der Waals surface area contributed by atoms with Crippen LogP contribution in [-0.2, 0) is 0 Å². The van der Waals surface area contributed by atoms with Crippen LogP contribution in [0.4, 0.5) is 0 Å². The zero-order chi connectivity index (χ0) is 13.9. The highest BCUT2D eigenvalue weighted by Crippen LogP contribution is 2.33. The molecule has 0 atom stereocenters. The molecule has 0 amide bonds. The molecule has 20 heavy (non-hydrogen) atoms. The average molecular weight is 267 g/mol. The first-order valence-electron chi connectivity index (χ1n) is 6.17. The number of hydrogen-bond acceptors (Lipinski definition) is 4. The van der Waals surface area contributed by atoms with Gasteiger partial charge < -0.3 is 14.3 Å². The molecular weight excluding hydrogens is 254 g/mol. The molecule has 1 N–H and O–H groups in total. The molecule has 4 heteroatoms. The van der Waals surface area contributed by atoms with E-state index in [9.17, 15) is 5.11 Å². The van der Waals surface area contributed by atoms with Crippen LogP contribution < -0.4 is 4.74 Å². The molecule has 0 saturated carbocycles. The summed E-state index contributed by atoms with van der Waals surface area (Å²) in [4.78, 5) is 4.35. The summed E-state index contributed by atoms with van der Waals surface area (Å²) in [7, 11) is 1.61. The number of methoxy groups -OCH3 is 1. The topological polar surface area (TPSA) is 55.5 Å². The molecule has 0 fully saturated rings. The summed E-state index contributed by atoms with van der Waals surface area (Å²) in [6.45, 7) is 0. The van der Waals surface area contributed by atoms with Crippen molar-refractivity contribution in [3.63, 3.8) is 0 Å². The molecule has 0 bridgehead atoms. The van der Waals surface area contributed by atoms with Crippen molar-refractivity contribution >= 4 is 0 Å². The van der Waals surface area contributed by atoms with E-state index in [4.69, 9.17) is 9.15 Å². The van der Waals surface area contributed by atoms with E-state index in [1.165, 1.54) is 0 Å². The normalized spacial score (nSPS) is 10.4. The molecular formula is C16H13NO3. The number of ether oxygens (including phenoxy) is 1. The van der Waals surface area contributed by atoms with Gasteiger partial charge in [-0.3, -0.25) is 0 Å². The Bertz CT molecular complexity index is 702. The van der Waals surface area contributed by atoms with Gasteiger partial charge >= 0.3 is 5.95 Å². The van der Waals surface area contributed by atoms with E-state index < -0.39 is 0 Å². The maximum absolute atomic E-state index is 9.91. The maximum Gasteiger partial charge on any atom is 0.311 e. The zero-order valence-electron chi connectivity index (χ0n) is 10.9. The van der Waals surface area contributed by atoms with Crippen molar-refractivity contribution in [3.8, 4) is 34.4 Å². The smallest absolute Gasteiger partial charge is 0.311 e. The lowest BCUT2D eigenvalue weighted by molar-refractivity contribution is 0.339. The highest BCUT2D eigenvalue weighted by atomic mass is 16.5. The summed E-state index contributed by atoms with van der Waals surface area (Å²) in [6, 6.07) is 16.7. The minimum Gasteiger partial charge on any atom is -0.497 e. The second-order valence-corrected chi connectivity index (χ2v) is 4.27. The van der Waals surface area contributed by atoms with E-state index >= 15 is 0 Å². The van der Waals surface area contributed by atoms with E-state index in [0.29, 0.717) is 11.6 Å². The van der Waals surface area contributed by atoms with Crippen molar-refractivity contribution in [2.45, 2.75) is 0 Å². The average Bonchev–Trinajstić information content (AvgIpc) is 2.90. The van der Waals surface area contributed by atoms with Gasteiger partial charge in [0.05, 0.1) is 7.11 Å². The molecule has 3 aromatic rings. The van der Waals surface area contributed by atoms with Gasteiger partial charge in [-0.15, -0.1) is 0 Å². The van der Waals surface area contributed by atoms with Crippen molar-refractivity contribution < 1.29 is 14.3 Å². The van der Waals surface area contributed by atoms with Gasteiger partial charge in [0.2, 0.25) is 5.89 Å². The molecule has 1 heterocycles. The fourth-order valence-electron chi connectivity index (χ4n) is 1.95. The summed E-state index contributed by atoms with van der Waals surface area (Å²) < 4.78 is 10.4. The third-order valence-electron chi connectivity index (χ3n) is 2.99. The van der Waals surface area contributed by atoms with Gasteiger partial charge in [0.25, 0.3) is 0 Å². The Labute approximate surface area is 116 Å². The first-order valence-corrected chi connectivity index (χ1v) is 6.17. The Morgan fingerprint density at radius 3 is 2.30 bits per heavy atom. The third-order valence-corrected chi connectivity index (χ3v) is 2.99. The van der Waals surface area contributed by atoms with Crippen molar-refractivity contribution in [1.82, 2.24) is 4.98 Å². The molecule has 3 rings (SSSR count). The minimum atomic E-state index is -0.186. The van der Waals surface area contributed by atoms with E-state index in [1.54, 1.807) is 7.11 Å². The van der Waals surface area contributed by atoms with Gasteiger partial charge in [-0.05, 0) is 36.4 Å². The van der Waals surface area contributed by atoms with Gasteiger partial charge in [-0.2, -0.15) is 0 Å². The largest absolute Gasteiger partial charge is 0.497 e. The molecule has 0 unspecified atom stereocenters. The van der Waals surface area contributed by atoms with Crippen LogP contribution in [0.15, 0.2) is 59.0 Å². The number of nitrogens with zero attached hydrogens (tertiary/aromatic N) is 1. The lowest BCUT2D eigenvalue weighted by atomic mass is 10.1. The van der Waals surface area contributed by atoms with Gasteiger partial charge in [-0.25, -0.2) is 4.98 Å². The molecule has 2 aromatic carbocycles. The van der Waals surface area contributed by atoms with Crippen molar-refractivity contribution in [2.24, 2.45) is 0 Å². The van der Waals surface area contributed by atoms with Crippen LogP contribution in [0.3, 0.4) is 0 Å². The number of aromatic hydroxyl groups is 1. The van der Waals surface area contributed by atoms with Crippen LogP contribution in [0.1, 0.15) is 0 Å². The summed E-state index contributed by atoms with van der Waals surface area (Å²) >= 11 is 0. The Balaban J connectivity index is 2.00. The van der Waals surface area contributed by atoms with Crippen molar-refractivity contribution in [3.05, 3.63) is 54.6 Å². The monoisotopic (exact) mass is 267 g/mol. The molecule has 0 aliphatic rings. The summed E-state index contributed by atoms with van der Waals surface area (Å²) in [5.74, 6) is 0.961. The van der Waals surface area contributed by atoms with Crippen LogP contribution >= 0.6 is 0 Å². The number of benzene rings is 2. The highest BCUT2D eigenvalue weighted by Gasteiger charge is 2.15. The molecule has 0 aliphatic heterocycles. The Kier molecular flexibility index (Phi) is 3.13. The Morgan fingerprint density at radius 2 is 1.65 bits per heavy atom. The van der Waals surface area contributed by atoms with Gasteiger partial charge in [0.15, 0.2) is 5.69 Å². The number of rotatable bonds is 3.